The summed E-state index contributed by atoms with van der Waals surface area (Å²) in [5.41, 5.74) is 3.54. The Morgan fingerprint density at radius 1 is 1.03 bits per heavy atom. The average Bonchev–Trinajstić information content (AvgIpc) is 3.19. The molecule has 172 valence electrons. The molecule has 3 aromatic carbocycles. The molecular weight excluding hydrogens is 456 g/mol. The van der Waals surface area contributed by atoms with Gasteiger partial charge in [0.1, 0.15) is 17.5 Å². The predicted octanol–water partition coefficient (Wildman–Crippen LogP) is 6.98. The van der Waals surface area contributed by atoms with Gasteiger partial charge in [0, 0.05) is 16.1 Å². The molecule has 1 amide bonds. The number of rotatable bonds is 6. The number of hydrogen-bond acceptors (Lipinski definition) is 5. The van der Waals surface area contributed by atoms with Crippen LogP contribution in [0.15, 0.2) is 77.3 Å². The monoisotopic (exact) mass is 476 g/mol. The Morgan fingerprint density at radius 3 is 2.50 bits per heavy atom. The number of hydrogen-bond donors (Lipinski definition) is 2. The SMILES string of the molecule is Cc1onc(-c2cccc(-c3ccccc3C(=O)O)c2)c1NC(=O)OC(C)c1ccccc1Cl. The lowest BCUT2D eigenvalue weighted by atomic mass is 9.97. The molecule has 0 bridgehead atoms. The second-order valence-electron chi connectivity index (χ2n) is 7.59. The van der Waals surface area contributed by atoms with Crippen molar-refractivity contribution < 1.29 is 24.0 Å². The number of carboxylic acids is 1. The van der Waals surface area contributed by atoms with Crippen LogP contribution in [0.1, 0.15) is 34.7 Å². The fraction of sp³-hybridized carbons (Fsp3) is 0.115. The van der Waals surface area contributed by atoms with Gasteiger partial charge in [0.15, 0.2) is 5.76 Å². The summed E-state index contributed by atoms with van der Waals surface area (Å²) in [7, 11) is 0. The Hall–Kier alpha value is -4.10. The van der Waals surface area contributed by atoms with Gasteiger partial charge in [-0.2, -0.15) is 0 Å². The number of amides is 1. The lowest BCUT2D eigenvalue weighted by Gasteiger charge is -2.15. The third-order valence-corrected chi connectivity index (χ3v) is 5.67. The number of halogens is 1. The fourth-order valence-corrected chi connectivity index (χ4v) is 3.92. The van der Waals surface area contributed by atoms with Crippen molar-refractivity contribution in [3.05, 3.63) is 94.7 Å². The Morgan fingerprint density at radius 2 is 1.74 bits per heavy atom. The van der Waals surface area contributed by atoms with Crippen LogP contribution in [0.25, 0.3) is 22.4 Å². The quantitative estimate of drug-likeness (QED) is 0.311. The lowest BCUT2D eigenvalue weighted by molar-refractivity contribution is 0.0697. The highest BCUT2D eigenvalue weighted by Gasteiger charge is 2.21. The first-order valence-electron chi connectivity index (χ1n) is 10.5. The normalized spacial score (nSPS) is 11.6. The van der Waals surface area contributed by atoms with Crippen LogP contribution in [0, 0.1) is 6.92 Å². The number of carbonyl (C=O) groups excluding carboxylic acids is 1. The van der Waals surface area contributed by atoms with E-state index >= 15 is 0 Å². The summed E-state index contributed by atoms with van der Waals surface area (Å²) in [5.74, 6) is -0.621. The largest absolute Gasteiger partial charge is 0.478 e. The highest BCUT2D eigenvalue weighted by molar-refractivity contribution is 6.31. The van der Waals surface area contributed by atoms with E-state index in [0.29, 0.717) is 44.4 Å². The van der Waals surface area contributed by atoms with Crippen molar-refractivity contribution in [1.82, 2.24) is 5.16 Å². The number of nitrogens with zero attached hydrogens (tertiary/aromatic N) is 1. The molecule has 7 nitrogen and oxygen atoms in total. The molecule has 4 aromatic rings. The number of aromatic carboxylic acids is 1. The maximum Gasteiger partial charge on any atom is 0.412 e. The van der Waals surface area contributed by atoms with Crippen LogP contribution in [-0.4, -0.2) is 22.3 Å². The van der Waals surface area contributed by atoms with E-state index in [1.165, 1.54) is 0 Å². The van der Waals surface area contributed by atoms with E-state index in [-0.39, 0.29) is 5.56 Å². The molecule has 0 fully saturated rings. The smallest absolute Gasteiger partial charge is 0.412 e. The van der Waals surface area contributed by atoms with Gasteiger partial charge in [-0.05, 0) is 43.2 Å². The van der Waals surface area contributed by atoms with E-state index < -0.39 is 18.2 Å². The van der Waals surface area contributed by atoms with Crippen LogP contribution in [0.2, 0.25) is 5.02 Å². The minimum Gasteiger partial charge on any atom is -0.478 e. The standard InChI is InChI=1S/C26H21ClN2O5/c1-15(19-10-5-6-13-22(19)27)33-26(32)28-23-16(2)34-29-24(23)18-9-7-8-17(14-18)20-11-3-4-12-21(20)25(30)31/h3-15H,1-2H3,(H,28,32)(H,30,31). The zero-order valence-corrected chi connectivity index (χ0v) is 19.2. The van der Waals surface area contributed by atoms with Crippen molar-refractivity contribution in [2.45, 2.75) is 20.0 Å². The molecule has 2 N–H and O–H groups in total. The molecule has 0 spiro atoms. The van der Waals surface area contributed by atoms with E-state index in [1.54, 1.807) is 74.5 Å². The third-order valence-electron chi connectivity index (χ3n) is 5.32. The van der Waals surface area contributed by atoms with Gasteiger partial charge in [0.25, 0.3) is 0 Å². The summed E-state index contributed by atoms with van der Waals surface area (Å²) < 4.78 is 10.8. The second-order valence-corrected chi connectivity index (χ2v) is 8.00. The number of benzene rings is 3. The minimum absolute atomic E-state index is 0.187. The van der Waals surface area contributed by atoms with Gasteiger partial charge in [-0.3, -0.25) is 5.32 Å². The van der Waals surface area contributed by atoms with Crippen molar-refractivity contribution in [3.63, 3.8) is 0 Å². The molecular formula is C26H21ClN2O5. The molecule has 4 rings (SSSR count). The van der Waals surface area contributed by atoms with Gasteiger partial charge in [-0.1, -0.05) is 71.4 Å². The lowest BCUT2D eigenvalue weighted by Crippen LogP contribution is -2.17. The van der Waals surface area contributed by atoms with Crippen LogP contribution in [-0.2, 0) is 4.74 Å². The molecule has 0 saturated heterocycles. The maximum absolute atomic E-state index is 12.6. The van der Waals surface area contributed by atoms with Gasteiger partial charge in [-0.15, -0.1) is 0 Å². The number of carbonyl (C=O) groups is 2. The van der Waals surface area contributed by atoms with Crippen LogP contribution in [0.4, 0.5) is 10.5 Å². The van der Waals surface area contributed by atoms with Crippen LogP contribution in [0.3, 0.4) is 0 Å². The van der Waals surface area contributed by atoms with Gasteiger partial charge in [0.2, 0.25) is 0 Å². The average molecular weight is 477 g/mol. The Balaban J connectivity index is 1.60. The summed E-state index contributed by atoms with van der Waals surface area (Å²) in [6.45, 7) is 3.40. The van der Waals surface area contributed by atoms with Gasteiger partial charge < -0.3 is 14.4 Å². The maximum atomic E-state index is 12.6. The van der Waals surface area contributed by atoms with E-state index in [2.05, 4.69) is 10.5 Å². The predicted molar refractivity (Wildman–Crippen MR) is 129 cm³/mol. The van der Waals surface area contributed by atoms with Gasteiger partial charge >= 0.3 is 12.1 Å². The number of ether oxygens (including phenoxy) is 1. The molecule has 1 atom stereocenters. The summed E-state index contributed by atoms with van der Waals surface area (Å²) in [6.07, 6.45) is -1.26. The Labute approximate surface area is 200 Å². The van der Waals surface area contributed by atoms with Gasteiger partial charge in [-0.25, -0.2) is 9.59 Å². The van der Waals surface area contributed by atoms with E-state index in [9.17, 15) is 14.7 Å². The molecule has 1 heterocycles. The number of aromatic nitrogens is 1. The minimum atomic E-state index is -1.02. The first kappa shape index (κ1) is 23.1. The van der Waals surface area contributed by atoms with Crippen LogP contribution in [0.5, 0.6) is 0 Å². The van der Waals surface area contributed by atoms with Gasteiger partial charge in [0.05, 0.1) is 5.56 Å². The van der Waals surface area contributed by atoms with Crippen molar-refractivity contribution in [1.29, 1.82) is 0 Å². The number of carboxylic acid groups (broad SMARTS) is 1. The molecule has 0 aliphatic rings. The molecule has 0 radical (unpaired) electrons. The summed E-state index contributed by atoms with van der Waals surface area (Å²) in [4.78, 5) is 24.3. The van der Waals surface area contributed by atoms with Crippen molar-refractivity contribution in [2.24, 2.45) is 0 Å². The number of anilines is 1. The molecule has 34 heavy (non-hydrogen) atoms. The summed E-state index contributed by atoms with van der Waals surface area (Å²) >= 11 is 6.20. The number of aryl methyl sites for hydroxylation is 1. The highest BCUT2D eigenvalue weighted by atomic mass is 35.5. The Kier molecular flexibility index (Phi) is 6.65. The second kappa shape index (κ2) is 9.80. The zero-order chi connectivity index (χ0) is 24.2. The molecule has 0 aliphatic carbocycles. The van der Waals surface area contributed by atoms with E-state index in [1.807, 2.05) is 12.1 Å². The zero-order valence-electron chi connectivity index (χ0n) is 18.4. The number of nitrogens with one attached hydrogen (secondary N) is 1. The Bertz CT molecular complexity index is 1360. The van der Waals surface area contributed by atoms with Crippen molar-refractivity contribution in [2.75, 3.05) is 5.32 Å². The van der Waals surface area contributed by atoms with E-state index in [0.717, 1.165) is 0 Å². The summed E-state index contributed by atoms with van der Waals surface area (Å²) in [5, 5.41) is 16.8. The van der Waals surface area contributed by atoms with Crippen LogP contribution < -0.4 is 5.32 Å². The third kappa shape index (κ3) is 4.79. The molecule has 0 saturated carbocycles. The van der Waals surface area contributed by atoms with Crippen LogP contribution >= 0.6 is 11.6 Å². The van der Waals surface area contributed by atoms with Crippen molar-refractivity contribution in [3.8, 4) is 22.4 Å². The van der Waals surface area contributed by atoms with E-state index in [4.69, 9.17) is 20.9 Å². The molecule has 1 aromatic heterocycles. The molecule has 1 unspecified atom stereocenters. The first-order chi connectivity index (χ1) is 16.3. The summed E-state index contributed by atoms with van der Waals surface area (Å²) in [6, 6.07) is 21.1. The topological polar surface area (TPSA) is 102 Å². The highest BCUT2D eigenvalue weighted by Crippen LogP contribution is 2.34. The molecule has 0 aliphatic heterocycles. The molecule has 8 heteroatoms. The first-order valence-corrected chi connectivity index (χ1v) is 10.8. The van der Waals surface area contributed by atoms with Crippen molar-refractivity contribution >= 4 is 29.4 Å². The fourth-order valence-electron chi connectivity index (χ4n) is 3.63.